The van der Waals surface area contributed by atoms with Crippen molar-refractivity contribution in [2.45, 2.75) is 20.3 Å². The molecule has 0 N–H and O–H groups in total. The maximum atomic E-state index is 5.54. The van der Waals surface area contributed by atoms with Crippen LogP contribution in [0.25, 0.3) is 0 Å². The van der Waals surface area contributed by atoms with Crippen molar-refractivity contribution in [1.29, 1.82) is 0 Å². The van der Waals surface area contributed by atoms with Crippen LogP contribution in [0.2, 0.25) is 0 Å². The van der Waals surface area contributed by atoms with E-state index in [4.69, 9.17) is 11.6 Å². The first kappa shape index (κ1) is 10.3. The van der Waals surface area contributed by atoms with Crippen molar-refractivity contribution >= 4 is 11.6 Å². The average molecular weight is 195 g/mol. The second-order valence-electron chi connectivity index (χ2n) is 3.33. The highest BCUT2D eigenvalue weighted by Crippen LogP contribution is 2.09. The third-order valence-corrected chi connectivity index (χ3v) is 2.07. The number of aryl methyl sites for hydroxylation is 2. The predicted octanol–water partition coefficient (Wildman–Crippen LogP) is 3.64. The first-order chi connectivity index (χ1) is 6.22. The average Bonchev–Trinajstić information content (AvgIpc) is 2.03. The van der Waals surface area contributed by atoms with Gasteiger partial charge in [-0.1, -0.05) is 41.5 Å². The van der Waals surface area contributed by atoms with Crippen molar-refractivity contribution < 1.29 is 0 Å². The van der Waals surface area contributed by atoms with Crippen LogP contribution in [0.5, 0.6) is 0 Å². The zero-order chi connectivity index (χ0) is 9.68. The molecule has 0 aliphatic carbocycles. The molecule has 0 spiro atoms. The molecule has 0 nitrogen and oxygen atoms in total. The topological polar surface area (TPSA) is 0 Å². The van der Waals surface area contributed by atoms with E-state index in [1.807, 2.05) is 6.08 Å². The molecule has 1 heteroatoms. The first-order valence-electron chi connectivity index (χ1n) is 4.50. The third-order valence-electron chi connectivity index (χ3n) is 1.89. The second kappa shape index (κ2) is 5.08. The number of hydrogen-bond acceptors (Lipinski definition) is 0. The summed E-state index contributed by atoms with van der Waals surface area (Å²) in [5.41, 5.74) is 4.02. The number of alkyl halides is 1. The SMILES string of the molecule is Cc1cc(C)cc(C/C=C/CCl)c1. The maximum Gasteiger partial charge on any atom is 0.0404 e. The van der Waals surface area contributed by atoms with Gasteiger partial charge in [-0.15, -0.1) is 11.6 Å². The zero-order valence-electron chi connectivity index (χ0n) is 8.18. The van der Waals surface area contributed by atoms with E-state index in [2.05, 4.69) is 38.1 Å². The van der Waals surface area contributed by atoms with Gasteiger partial charge in [0.1, 0.15) is 0 Å². The molecule has 0 saturated heterocycles. The highest BCUT2D eigenvalue weighted by atomic mass is 35.5. The minimum atomic E-state index is 0.602. The molecule has 0 heterocycles. The van der Waals surface area contributed by atoms with Gasteiger partial charge in [0.15, 0.2) is 0 Å². The van der Waals surface area contributed by atoms with Crippen molar-refractivity contribution in [1.82, 2.24) is 0 Å². The largest absolute Gasteiger partial charge is 0.122 e. The lowest BCUT2D eigenvalue weighted by Crippen LogP contribution is -1.85. The van der Waals surface area contributed by atoms with Gasteiger partial charge in [-0.3, -0.25) is 0 Å². The Balaban J connectivity index is 2.71. The molecular formula is C12H15Cl. The van der Waals surface area contributed by atoms with Crippen LogP contribution in [0.15, 0.2) is 30.4 Å². The van der Waals surface area contributed by atoms with Gasteiger partial charge in [0.25, 0.3) is 0 Å². The highest BCUT2D eigenvalue weighted by Gasteiger charge is 1.92. The molecule has 0 fully saturated rings. The van der Waals surface area contributed by atoms with Crippen LogP contribution in [0, 0.1) is 13.8 Å². The quantitative estimate of drug-likeness (QED) is 0.509. The lowest BCUT2D eigenvalue weighted by atomic mass is 10.1. The molecule has 0 aliphatic heterocycles. The van der Waals surface area contributed by atoms with Crippen LogP contribution in [0.3, 0.4) is 0 Å². The van der Waals surface area contributed by atoms with E-state index in [9.17, 15) is 0 Å². The van der Waals surface area contributed by atoms with Crippen molar-refractivity contribution in [3.63, 3.8) is 0 Å². The highest BCUT2D eigenvalue weighted by molar-refractivity contribution is 6.18. The lowest BCUT2D eigenvalue weighted by molar-refractivity contribution is 1.22. The predicted molar refractivity (Wildman–Crippen MR) is 59.5 cm³/mol. The Hall–Kier alpha value is -0.750. The Morgan fingerprint density at radius 3 is 2.23 bits per heavy atom. The summed E-state index contributed by atoms with van der Waals surface area (Å²) in [5, 5.41) is 0. The van der Waals surface area contributed by atoms with Gasteiger partial charge in [0.05, 0.1) is 0 Å². The molecule has 0 radical (unpaired) electrons. The number of halogens is 1. The van der Waals surface area contributed by atoms with Crippen LogP contribution in [0.1, 0.15) is 16.7 Å². The Kier molecular flexibility index (Phi) is 4.04. The summed E-state index contributed by atoms with van der Waals surface area (Å²) in [4.78, 5) is 0. The summed E-state index contributed by atoms with van der Waals surface area (Å²) in [7, 11) is 0. The van der Waals surface area contributed by atoms with Crippen LogP contribution in [0.4, 0.5) is 0 Å². The fourth-order valence-electron chi connectivity index (χ4n) is 1.47. The smallest absolute Gasteiger partial charge is 0.0404 e. The summed E-state index contributed by atoms with van der Waals surface area (Å²) in [5.74, 6) is 0.602. The number of allylic oxidation sites excluding steroid dienone is 2. The summed E-state index contributed by atoms with van der Waals surface area (Å²) < 4.78 is 0. The van der Waals surface area contributed by atoms with E-state index in [-0.39, 0.29) is 0 Å². The molecule has 0 aromatic heterocycles. The molecule has 70 valence electrons. The summed E-state index contributed by atoms with van der Waals surface area (Å²) in [6.45, 7) is 4.25. The van der Waals surface area contributed by atoms with Crippen LogP contribution >= 0.6 is 11.6 Å². The van der Waals surface area contributed by atoms with Gasteiger partial charge in [-0.2, -0.15) is 0 Å². The first-order valence-corrected chi connectivity index (χ1v) is 5.04. The number of rotatable bonds is 3. The van der Waals surface area contributed by atoms with Crippen molar-refractivity contribution in [3.05, 3.63) is 47.0 Å². The summed E-state index contributed by atoms with van der Waals surface area (Å²) in [6, 6.07) is 6.62. The normalized spacial score (nSPS) is 11.0. The number of hydrogen-bond donors (Lipinski definition) is 0. The van der Waals surface area contributed by atoms with E-state index in [0.29, 0.717) is 5.88 Å². The zero-order valence-corrected chi connectivity index (χ0v) is 8.93. The maximum absolute atomic E-state index is 5.54. The van der Waals surface area contributed by atoms with E-state index in [1.165, 1.54) is 16.7 Å². The molecule has 0 aliphatic rings. The minimum Gasteiger partial charge on any atom is -0.122 e. The van der Waals surface area contributed by atoms with E-state index in [1.54, 1.807) is 0 Å². The Labute approximate surface area is 85.2 Å². The van der Waals surface area contributed by atoms with Crippen molar-refractivity contribution in [3.8, 4) is 0 Å². The molecule has 1 rings (SSSR count). The van der Waals surface area contributed by atoms with Gasteiger partial charge in [-0.05, 0) is 25.8 Å². The van der Waals surface area contributed by atoms with Crippen molar-refractivity contribution in [2.24, 2.45) is 0 Å². The van der Waals surface area contributed by atoms with Crippen LogP contribution < -0.4 is 0 Å². The minimum absolute atomic E-state index is 0.602. The van der Waals surface area contributed by atoms with Gasteiger partial charge >= 0.3 is 0 Å². The van der Waals surface area contributed by atoms with Crippen LogP contribution in [-0.4, -0.2) is 5.88 Å². The molecule has 13 heavy (non-hydrogen) atoms. The van der Waals surface area contributed by atoms with E-state index >= 15 is 0 Å². The second-order valence-corrected chi connectivity index (χ2v) is 3.63. The fourth-order valence-corrected chi connectivity index (χ4v) is 1.60. The molecular weight excluding hydrogens is 180 g/mol. The Morgan fingerprint density at radius 1 is 1.08 bits per heavy atom. The number of benzene rings is 1. The van der Waals surface area contributed by atoms with E-state index < -0.39 is 0 Å². The molecule has 0 unspecified atom stereocenters. The lowest BCUT2D eigenvalue weighted by Gasteiger charge is -2.01. The molecule has 0 amide bonds. The van der Waals surface area contributed by atoms with Crippen LogP contribution in [-0.2, 0) is 6.42 Å². The van der Waals surface area contributed by atoms with Gasteiger partial charge in [0.2, 0.25) is 0 Å². The van der Waals surface area contributed by atoms with Gasteiger partial charge in [0, 0.05) is 5.88 Å². The standard InChI is InChI=1S/C12H15Cl/c1-10-7-11(2)9-12(8-10)5-3-4-6-13/h3-4,7-9H,5-6H2,1-2H3/b4-3+. The van der Waals surface area contributed by atoms with Crippen molar-refractivity contribution in [2.75, 3.05) is 5.88 Å². The van der Waals surface area contributed by atoms with Gasteiger partial charge < -0.3 is 0 Å². The Bertz CT molecular complexity index is 280. The molecule has 0 bridgehead atoms. The molecule has 1 aromatic carbocycles. The summed E-state index contributed by atoms with van der Waals surface area (Å²) in [6.07, 6.45) is 5.08. The monoisotopic (exact) mass is 194 g/mol. The van der Waals surface area contributed by atoms with Gasteiger partial charge in [-0.25, -0.2) is 0 Å². The molecule has 1 aromatic rings. The van der Waals surface area contributed by atoms with E-state index in [0.717, 1.165) is 6.42 Å². The third kappa shape index (κ3) is 3.65. The Morgan fingerprint density at radius 2 is 1.69 bits per heavy atom. The fraction of sp³-hybridized carbons (Fsp3) is 0.333. The molecule has 0 saturated carbocycles. The summed E-state index contributed by atoms with van der Waals surface area (Å²) >= 11 is 5.54. The molecule has 0 atom stereocenters.